The number of rotatable bonds is 8. The van der Waals surface area contributed by atoms with Crippen LogP contribution in [0.1, 0.15) is 34.3 Å². The van der Waals surface area contributed by atoms with Gasteiger partial charge in [-0.2, -0.15) is 9.67 Å². The van der Waals surface area contributed by atoms with Crippen LogP contribution in [0.4, 0.5) is 11.6 Å². The molecule has 2 aromatic carbocycles. The van der Waals surface area contributed by atoms with Gasteiger partial charge in [-0.25, -0.2) is 4.98 Å². The van der Waals surface area contributed by atoms with Crippen LogP contribution >= 0.6 is 0 Å². The molecule has 1 saturated heterocycles. The standard InChI is InChI=1S/C28H33N9O/c1-35-13-15-36(16-14-35)12-4-11-29-27(38)22-7-3-8-23(17-22)31-28-30-19-25-26(32-28)37(34-33-25)24-10-9-20-5-2-6-21(20)18-24/h3,7-10,17-19H,2,4-6,11-16H2,1H3,(H,29,38)(H,30,31,32). The highest BCUT2D eigenvalue weighted by Gasteiger charge is 2.16. The minimum absolute atomic E-state index is 0.0812. The third-order valence-corrected chi connectivity index (χ3v) is 7.43. The van der Waals surface area contributed by atoms with Crippen molar-refractivity contribution in [1.29, 1.82) is 0 Å². The first kappa shape index (κ1) is 24.4. The maximum Gasteiger partial charge on any atom is 0.251 e. The average molecular weight is 512 g/mol. The number of aryl methyl sites for hydroxylation is 2. The van der Waals surface area contributed by atoms with Crippen LogP contribution in [0.25, 0.3) is 16.9 Å². The first-order valence-corrected chi connectivity index (χ1v) is 13.4. The number of benzene rings is 2. The number of nitrogens with one attached hydrogen (secondary N) is 2. The van der Waals surface area contributed by atoms with Gasteiger partial charge in [0, 0.05) is 44.0 Å². The number of piperazine rings is 1. The Morgan fingerprint density at radius 2 is 1.89 bits per heavy atom. The summed E-state index contributed by atoms with van der Waals surface area (Å²) in [6.07, 6.45) is 6.03. The van der Waals surface area contributed by atoms with Crippen molar-refractivity contribution in [1.82, 2.24) is 40.1 Å². The van der Waals surface area contributed by atoms with Crippen LogP contribution in [0, 0.1) is 0 Å². The SMILES string of the molecule is CN1CCN(CCCNC(=O)c2cccc(Nc3ncc4nnn(-c5ccc6c(c5)CCC6)c4n3)c2)CC1. The first-order valence-electron chi connectivity index (χ1n) is 13.4. The normalized spacial score (nSPS) is 16.0. The van der Waals surface area contributed by atoms with Gasteiger partial charge in [0.2, 0.25) is 5.95 Å². The number of aromatic nitrogens is 5. The van der Waals surface area contributed by atoms with Crippen molar-refractivity contribution >= 4 is 28.7 Å². The fourth-order valence-corrected chi connectivity index (χ4v) is 5.20. The molecule has 3 heterocycles. The number of carbonyl (C=O) groups excluding carboxylic acids is 1. The molecule has 2 N–H and O–H groups in total. The summed E-state index contributed by atoms with van der Waals surface area (Å²) >= 11 is 0. The Balaban J connectivity index is 1.10. The summed E-state index contributed by atoms with van der Waals surface area (Å²) in [6.45, 7) is 6.06. The number of hydrogen-bond donors (Lipinski definition) is 2. The maximum absolute atomic E-state index is 12.8. The Labute approximate surface area is 222 Å². The number of carbonyl (C=O) groups is 1. The van der Waals surface area contributed by atoms with Crippen LogP contribution < -0.4 is 10.6 Å². The van der Waals surface area contributed by atoms with E-state index in [-0.39, 0.29) is 5.91 Å². The summed E-state index contributed by atoms with van der Waals surface area (Å²) in [6, 6.07) is 13.8. The summed E-state index contributed by atoms with van der Waals surface area (Å²) in [4.78, 5) is 26.7. The van der Waals surface area contributed by atoms with Crippen molar-refractivity contribution in [3.8, 4) is 5.69 Å². The van der Waals surface area contributed by atoms with Gasteiger partial charge in [-0.15, -0.1) is 5.10 Å². The third kappa shape index (κ3) is 5.36. The van der Waals surface area contributed by atoms with Crippen LogP contribution in [-0.4, -0.2) is 87.0 Å². The molecule has 0 unspecified atom stereocenters. The van der Waals surface area contributed by atoms with Gasteiger partial charge in [0.05, 0.1) is 11.9 Å². The lowest BCUT2D eigenvalue weighted by Crippen LogP contribution is -2.45. The van der Waals surface area contributed by atoms with E-state index in [1.807, 2.05) is 24.3 Å². The molecule has 1 aliphatic carbocycles. The zero-order valence-corrected chi connectivity index (χ0v) is 21.7. The lowest BCUT2D eigenvalue weighted by molar-refractivity contribution is 0.0949. The second kappa shape index (κ2) is 10.8. The summed E-state index contributed by atoms with van der Waals surface area (Å²) in [5.74, 6) is 0.342. The minimum atomic E-state index is -0.0812. The van der Waals surface area contributed by atoms with E-state index < -0.39 is 0 Å². The minimum Gasteiger partial charge on any atom is -0.352 e. The molecule has 2 aliphatic rings. The molecule has 0 atom stereocenters. The van der Waals surface area contributed by atoms with Gasteiger partial charge in [0.25, 0.3) is 5.91 Å². The molecule has 1 amide bonds. The van der Waals surface area contributed by atoms with Crippen LogP contribution in [-0.2, 0) is 12.8 Å². The molecule has 1 fully saturated rings. The molecule has 0 spiro atoms. The molecule has 0 saturated carbocycles. The van der Waals surface area contributed by atoms with Crippen LogP contribution in [0.2, 0.25) is 0 Å². The summed E-state index contributed by atoms with van der Waals surface area (Å²) in [5.41, 5.74) is 6.33. The van der Waals surface area contributed by atoms with Crippen molar-refractivity contribution in [3.63, 3.8) is 0 Å². The van der Waals surface area contributed by atoms with Crippen LogP contribution in [0.15, 0.2) is 48.7 Å². The molecule has 10 heteroatoms. The molecule has 10 nitrogen and oxygen atoms in total. The van der Waals surface area contributed by atoms with Crippen molar-refractivity contribution in [2.24, 2.45) is 0 Å². The van der Waals surface area contributed by atoms with Crippen molar-refractivity contribution in [2.75, 3.05) is 51.6 Å². The second-order valence-corrected chi connectivity index (χ2v) is 10.2. The van der Waals surface area contributed by atoms with Gasteiger partial charge in [-0.05, 0) is 80.7 Å². The van der Waals surface area contributed by atoms with E-state index in [2.05, 4.69) is 61.0 Å². The molecule has 4 aromatic rings. The molecule has 38 heavy (non-hydrogen) atoms. The average Bonchev–Trinajstić information content (AvgIpc) is 3.58. The highest BCUT2D eigenvalue weighted by atomic mass is 16.1. The van der Waals surface area contributed by atoms with E-state index in [9.17, 15) is 4.79 Å². The van der Waals surface area contributed by atoms with Gasteiger partial charge >= 0.3 is 0 Å². The monoisotopic (exact) mass is 511 g/mol. The summed E-state index contributed by atoms with van der Waals surface area (Å²) < 4.78 is 1.76. The molecular weight excluding hydrogens is 478 g/mol. The number of anilines is 2. The van der Waals surface area contributed by atoms with Gasteiger partial charge in [-0.3, -0.25) is 4.79 Å². The third-order valence-electron chi connectivity index (χ3n) is 7.43. The Morgan fingerprint density at radius 3 is 2.79 bits per heavy atom. The fraction of sp³-hybridized carbons (Fsp3) is 0.393. The number of likely N-dealkylation sites (N-methyl/N-ethyl adjacent to an activating group) is 1. The van der Waals surface area contributed by atoms with Gasteiger partial charge in [0.1, 0.15) is 0 Å². The van der Waals surface area contributed by atoms with Crippen molar-refractivity contribution in [2.45, 2.75) is 25.7 Å². The Kier molecular flexibility index (Phi) is 6.98. The Morgan fingerprint density at radius 1 is 1.03 bits per heavy atom. The molecule has 6 rings (SSSR count). The van der Waals surface area contributed by atoms with Gasteiger partial charge in [-0.1, -0.05) is 17.3 Å². The Hall–Kier alpha value is -3.89. The molecule has 1 aliphatic heterocycles. The highest BCUT2D eigenvalue weighted by molar-refractivity contribution is 5.95. The van der Waals surface area contributed by atoms with E-state index in [1.165, 1.54) is 17.5 Å². The number of amides is 1. The van der Waals surface area contributed by atoms with E-state index >= 15 is 0 Å². The first-order chi connectivity index (χ1) is 18.6. The van der Waals surface area contributed by atoms with E-state index in [1.54, 1.807) is 10.9 Å². The predicted molar refractivity (Wildman–Crippen MR) is 147 cm³/mol. The van der Waals surface area contributed by atoms with Gasteiger partial charge in [0.15, 0.2) is 11.2 Å². The quantitative estimate of drug-likeness (QED) is 0.348. The smallest absolute Gasteiger partial charge is 0.251 e. The number of fused-ring (bicyclic) bond motifs is 2. The Bertz CT molecular complexity index is 1440. The molecule has 2 aromatic heterocycles. The lowest BCUT2D eigenvalue weighted by atomic mass is 10.1. The second-order valence-electron chi connectivity index (χ2n) is 10.2. The lowest BCUT2D eigenvalue weighted by Gasteiger charge is -2.32. The van der Waals surface area contributed by atoms with Crippen LogP contribution in [0.5, 0.6) is 0 Å². The van der Waals surface area contributed by atoms with E-state index in [4.69, 9.17) is 4.98 Å². The molecule has 196 valence electrons. The topological polar surface area (TPSA) is 104 Å². The fourth-order valence-electron chi connectivity index (χ4n) is 5.20. The number of nitrogens with zero attached hydrogens (tertiary/aromatic N) is 7. The molecule has 0 bridgehead atoms. The largest absolute Gasteiger partial charge is 0.352 e. The number of hydrogen-bond acceptors (Lipinski definition) is 8. The van der Waals surface area contributed by atoms with E-state index in [0.717, 1.165) is 63.4 Å². The predicted octanol–water partition coefficient (Wildman–Crippen LogP) is 2.81. The molecule has 0 radical (unpaired) electrons. The molecular formula is C28H33N9O. The maximum atomic E-state index is 12.8. The van der Waals surface area contributed by atoms with E-state index in [0.29, 0.717) is 29.2 Å². The zero-order valence-electron chi connectivity index (χ0n) is 21.7. The van der Waals surface area contributed by atoms with Gasteiger partial charge < -0.3 is 20.4 Å². The van der Waals surface area contributed by atoms with Crippen molar-refractivity contribution < 1.29 is 4.79 Å². The summed E-state index contributed by atoms with van der Waals surface area (Å²) in [7, 11) is 2.16. The van der Waals surface area contributed by atoms with Crippen molar-refractivity contribution in [3.05, 3.63) is 65.4 Å². The summed E-state index contributed by atoms with van der Waals surface area (Å²) in [5, 5.41) is 14.8. The van der Waals surface area contributed by atoms with Crippen LogP contribution in [0.3, 0.4) is 0 Å². The highest BCUT2D eigenvalue weighted by Crippen LogP contribution is 2.25. The zero-order chi connectivity index (χ0) is 25.9.